The van der Waals surface area contributed by atoms with Gasteiger partial charge in [0.25, 0.3) is 0 Å². The number of ether oxygens (including phenoxy) is 1. The molecule has 0 aromatic heterocycles. The predicted molar refractivity (Wildman–Crippen MR) is 98.9 cm³/mol. The number of rotatable bonds is 7. The van der Waals surface area contributed by atoms with Crippen LogP contribution in [-0.4, -0.2) is 0 Å². The fourth-order valence-corrected chi connectivity index (χ4v) is 2.62. The van der Waals surface area contributed by atoms with E-state index in [4.69, 9.17) is 4.74 Å². The summed E-state index contributed by atoms with van der Waals surface area (Å²) in [4.78, 5) is 0. The van der Waals surface area contributed by atoms with E-state index in [0.717, 1.165) is 18.8 Å². The van der Waals surface area contributed by atoms with Crippen LogP contribution in [0.2, 0.25) is 0 Å². The Morgan fingerprint density at radius 2 is 1.42 bits per heavy atom. The Labute approximate surface area is 144 Å². The lowest BCUT2D eigenvalue weighted by Gasteiger charge is -2.09. The Morgan fingerprint density at radius 3 is 2.17 bits per heavy atom. The molecule has 0 unspecified atom stereocenters. The summed E-state index contributed by atoms with van der Waals surface area (Å²) in [6, 6.07) is 27.1. The van der Waals surface area contributed by atoms with E-state index in [1.54, 1.807) is 0 Å². The van der Waals surface area contributed by atoms with Crippen LogP contribution < -0.4 is 10.1 Å². The zero-order chi connectivity index (χ0) is 16.6. The van der Waals surface area contributed by atoms with Crippen LogP contribution in [-0.2, 0) is 19.7 Å². The minimum Gasteiger partial charge on any atom is -0.489 e. The maximum atomic E-state index is 5.81. The molecule has 0 atom stereocenters. The topological polar surface area (TPSA) is 21.3 Å². The minimum atomic E-state index is 0.603. The van der Waals surface area contributed by atoms with Gasteiger partial charge in [-0.25, -0.2) is 0 Å². The van der Waals surface area contributed by atoms with Gasteiger partial charge in [-0.2, -0.15) is 0 Å². The highest BCUT2D eigenvalue weighted by molar-refractivity contribution is 5.28. The molecule has 0 aliphatic heterocycles. The van der Waals surface area contributed by atoms with Gasteiger partial charge >= 0.3 is 0 Å². The molecule has 3 aromatic carbocycles. The molecule has 122 valence electrons. The van der Waals surface area contributed by atoms with Gasteiger partial charge in [-0.15, -0.1) is 0 Å². The lowest BCUT2D eigenvalue weighted by atomic mass is 10.1. The molecule has 0 saturated heterocycles. The summed E-state index contributed by atoms with van der Waals surface area (Å²) >= 11 is 0. The van der Waals surface area contributed by atoms with E-state index in [2.05, 4.69) is 60.8 Å². The number of nitrogens with one attached hydrogen (secondary N) is 1. The van der Waals surface area contributed by atoms with Crippen LogP contribution in [0, 0.1) is 6.92 Å². The van der Waals surface area contributed by atoms with E-state index < -0.39 is 0 Å². The molecule has 0 heterocycles. The lowest BCUT2D eigenvalue weighted by molar-refractivity contribution is 0.306. The second kappa shape index (κ2) is 8.32. The molecular formula is C22H23NO. The number of aryl methyl sites for hydroxylation is 1. The van der Waals surface area contributed by atoms with Gasteiger partial charge in [-0.1, -0.05) is 72.3 Å². The summed E-state index contributed by atoms with van der Waals surface area (Å²) < 4.78 is 5.81. The smallest absolute Gasteiger partial charge is 0.119 e. The Kier molecular flexibility index (Phi) is 5.65. The first-order valence-corrected chi connectivity index (χ1v) is 8.31. The summed E-state index contributed by atoms with van der Waals surface area (Å²) in [5.41, 5.74) is 5.06. The molecule has 3 aromatic rings. The lowest BCUT2D eigenvalue weighted by Crippen LogP contribution is -2.12. The van der Waals surface area contributed by atoms with Crippen molar-refractivity contribution in [2.75, 3.05) is 0 Å². The number of hydrogen-bond acceptors (Lipinski definition) is 2. The molecule has 0 spiro atoms. The van der Waals surface area contributed by atoms with Gasteiger partial charge in [-0.05, 0) is 35.7 Å². The molecule has 0 fully saturated rings. The minimum absolute atomic E-state index is 0.603. The van der Waals surface area contributed by atoms with Gasteiger partial charge in [0.15, 0.2) is 0 Å². The molecule has 0 bridgehead atoms. The van der Waals surface area contributed by atoms with E-state index in [-0.39, 0.29) is 0 Å². The van der Waals surface area contributed by atoms with Gasteiger partial charge in [0.1, 0.15) is 12.4 Å². The van der Waals surface area contributed by atoms with Crippen LogP contribution in [0.25, 0.3) is 0 Å². The molecule has 2 heteroatoms. The molecule has 0 aliphatic carbocycles. The maximum absolute atomic E-state index is 5.81. The standard InChI is InChI=1S/C22H23NO/c1-18-6-5-9-21(14-18)16-23-15-19-10-12-22(13-11-19)24-17-20-7-3-2-4-8-20/h2-14,23H,15-17H2,1H3. The summed E-state index contributed by atoms with van der Waals surface area (Å²) in [5, 5.41) is 3.48. The zero-order valence-electron chi connectivity index (χ0n) is 14.0. The van der Waals surface area contributed by atoms with Crippen molar-refractivity contribution in [3.63, 3.8) is 0 Å². The third-order valence-electron chi connectivity index (χ3n) is 3.91. The molecule has 2 nitrogen and oxygen atoms in total. The molecule has 1 N–H and O–H groups in total. The summed E-state index contributed by atoms with van der Waals surface area (Å²) in [5.74, 6) is 0.904. The fraction of sp³-hybridized carbons (Fsp3) is 0.182. The Morgan fingerprint density at radius 1 is 0.708 bits per heavy atom. The van der Waals surface area contributed by atoms with Gasteiger partial charge < -0.3 is 10.1 Å². The van der Waals surface area contributed by atoms with Crippen molar-refractivity contribution in [1.29, 1.82) is 0 Å². The Balaban J connectivity index is 1.46. The van der Waals surface area contributed by atoms with Crippen LogP contribution >= 0.6 is 0 Å². The largest absolute Gasteiger partial charge is 0.489 e. The highest BCUT2D eigenvalue weighted by atomic mass is 16.5. The Bertz CT molecular complexity index is 750. The van der Waals surface area contributed by atoms with Crippen molar-refractivity contribution in [3.8, 4) is 5.75 Å². The fourth-order valence-electron chi connectivity index (χ4n) is 2.62. The van der Waals surface area contributed by atoms with E-state index >= 15 is 0 Å². The first-order chi connectivity index (χ1) is 11.8. The SMILES string of the molecule is Cc1cccc(CNCc2ccc(OCc3ccccc3)cc2)c1. The van der Waals surface area contributed by atoms with E-state index in [1.165, 1.54) is 22.3 Å². The molecule has 3 rings (SSSR count). The molecule has 0 aliphatic rings. The van der Waals surface area contributed by atoms with Crippen molar-refractivity contribution in [2.45, 2.75) is 26.6 Å². The van der Waals surface area contributed by atoms with Gasteiger partial charge in [0.05, 0.1) is 0 Å². The Hall–Kier alpha value is -2.58. The van der Waals surface area contributed by atoms with Crippen molar-refractivity contribution >= 4 is 0 Å². The van der Waals surface area contributed by atoms with Crippen molar-refractivity contribution in [2.24, 2.45) is 0 Å². The quantitative estimate of drug-likeness (QED) is 0.671. The second-order valence-electron chi connectivity index (χ2n) is 6.01. The maximum Gasteiger partial charge on any atom is 0.119 e. The summed E-state index contributed by atoms with van der Waals surface area (Å²) in [7, 11) is 0. The normalized spacial score (nSPS) is 10.5. The van der Waals surface area contributed by atoms with Crippen molar-refractivity contribution < 1.29 is 4.74 Å². The second-order valence-corrected chi connectivity index (χ2v) is 6.01. The first kappa shape index (κ1) is 16.3. The highest BCUT2D eigenvalue weighted by Crippen LogP contribution is 2.14. The molecule has 24 heavy (non-hydrogen) atoms. The van der Waals surface area contributed by atoms with E-state index in [9.17, 15) is 0 Å². The zero-order valence-corrected chi connectivity index (χ0v) is 14.0. The average Bonchev–Trinajstić information content (AvgIpc) is 2.62. The number of hydrogen-bond donors (Lipinski definition) is 1. The monoisotopic (exact) mass is 317 g/mol. The van der Waals surface area contributed by atoms with Crippen LogP contribution in [0.5, 0.6) is 5.75 Å². The summed E-state index contributed by atoms with van der Waals surface area (Å²) in [6.07, 6.45) is 0. The van der Waals surface area contributed by atoms with Crippen LogP contribution in [0.3, 0.4) is 0 Å². The first-order valence-electron chi connectivity index (χ1n) is 8.31. The molecule has 0 amide bonds. The third-order valence-corrected chi connectivity index (χ3v) is 3.91. The van der Waals surface area contributed by atoms with Crippen LogP contribution in [0.4, 0.5) is 0 Å². The number of benzene rings is 3. The van der Waals surface area contributed by atoms with Crippen molar-refractivity contribution in [1.82, 2.24) is 5.32 Å². The molecule has 0 saturated carbocycles. The van der Waals surface area contributed by atoms with Gasteiger partial charge in [0.2, 0.25) is 0 Å². The van der Waals surface area contributed by atoms with Gasteiger partial charge in [0, 0.05) is 13.1 Å². The van der Waals surface area contributed by atoms with E-state index in [0.29, 0.717) is 6.61 Å². The van der Waals surface area contributed by atoms with Crippen LogP contribution in [0.1, 0.15) is 22.3 Å². The highest BCUT2D eigenvalue weighted by Gasteiger charge is 1.98. The third kappa shape index (κ3) is 4.97. The predicted octanol–water partition coefficient (Wildman–Crippen LogP) is 4.86. The van der Waals surface area contributed by atoms with Crippen LogP contribution in [0.15, 0.2) is 78.9 Å². The molecule has 0 radical (unpaired) electrons. The van der Waals surface area contributed by atoms with Crippen molar-refractivity contribution in [3.05, 3.63) is 101 Å². The summed E-state index contributed by atoms with van der Waals surface area (Å²) in [6.45, 7) is 4.46. The van der Waals surface area contributed by atoms with E-state index in [1.807, 2.05) is 30.3 Å². The average molecular weight is 317 g/mol. The van der Waals surface area contributed by atoms with Gasteiger partial charge in [-0.3, -0.25) is 0 Å². The molecular weight excluding hydrogens is 294 g/mol.